The van der Waals surface area contributed by atoms with Crippen LogP contribution in [-0.2, 0) is 0 Å². The van der Waals surface area contributed by atoms with Gasteiger partial charge >= 0.3 is 5.97 Å². The Morgan fingerprint density at radius 3 is 2.76 bits per heavy atom. The van der Waals surface area contributed by atoms with E-state index in [0.717, 1.165) is 16.6 Å². The van der Waals surface area contributed by atoms with E-state index in [0.29, 0.717) is 5.82 Å². The summed E-state index contributed by atoms with van der Waals surface area (Å²) in [5, 5.41) is 13.1. The Morgan fingerprint density at radius 2 is 1.95 bits per heavy atom. The van der Waals surface area contributed by atoms with Gasteiger partial charge in [0.25, 0.3) is 0 Å². The molecule has 2 aromatic heterocycles. The van der Waals surface area contributed by atoms with Crippen molar-refractivity contribution in [3.63, 3.8) is 0 Å². The van der Waals surface area contributed by atoms with Crippen molar-refractivity contribution in [1.29, 1.82) is 0 Å². The zero-order valence-electron chi connectivity index (χ0n) is 10.9. The summed E-state index contributed by atoms with van der Waals surface area (Å²) in [6.07, 6.45) is 3.12. The monoisotopic (exact) mass is 280 g/mol. The molecular formula is C15H12N4O2. The highest BCUT2D eigenvalue weighted by atomic mass is 16.4. The molecule has 0 aliphatic heterocycles. The second-order valence-corrected chi connectivity index (χ2v) is 4.43. The van der Waals surface area contributed by atoms with Crippen LogP contribution in [0.2, 0.25) is 0 Å². The number of nitrogens with two attached hydrogens (primary N) is 1. The Kier molecular flexibility index (Phi) is 3.12. The van der Waals surface area contributed by atoms with E-state index in [1.807, 2.05) is 30.3 Å². The fourth-order valence-electron chi connectivity index (χ4n) is 2.10. The summed E-state index contributed by atoms with van der Waals surface area (Å²) in [6, 6.07) is 10.7. The van der Waals surface area contributed by atoms with Crippen molar-refractivity contribution >= 4 is 34.1 Å². The van der Waals surface area contributed by atoms with Crippen LogP contribution in [0, 0.1) is 0 Å². The van der Waals surface area contributed by atoms with Gasteiger partial charge in [-0.1, -0.05) is 6.07 Å². The first-order chi connectivity index (χ1) is 10.2. The molecule has 0 unspecified atom stereocenters. The third-order valence-electron chi connectivity index (χ3n) is 3.12. The molecule has 6 heteroatoms. The number of nitrogens with zero attached hydrogens (tertiary/aromatic N) is 2. The third kappa shape index (κ3) is 2.34. The van der Waals surface area contributed by atoms with E-state index in [-0.39, 0.29) is 11.3 Å². The van der Waals surface area contributed by atoms with Crippen molar-refractivity contribution < 1.29 is 9.90 Å². The fraction of sp³-hybridized carbons (Fsp3) is 0. The molecule has 3 rings (SSSR count). The second kappa shape index (κ2) is 5.09. The number of carbonyl (C=O) groups is 1. The zero-order valence-corrected chi connectivity index (χ0v) is 10.9. The van der Waals surface area contributed by atoms with Gasteiger partial charge in [0.15, 0.2) is 5.82 Å². The summed E-state index contributed by atoms with van der Waals surface area (Å²) in [6.45, 7) is 0. The van der Waals surface area contributed by atoms with Gasteiger partial charge in [-0.05, 0) is 30.3 Å². The smallest absolute Gasteiger partial charge is 0.337 e. The Labute approximate surface area is 120 Å². The van der Waals surface area contributed by atoms with Crippen molar-refractivity contribution in [3.8, 4) is 0 Å². The summed E-state index contributed by atoms with van der Waals surface area (Å²) in [4.78, 5) is 19.5. The van der Waals surface area contributed by atoms with E-state index in [9.17, 15) is 4.79 Å². The molecule has 0 atom stereocenters. The van der Waals surface area contributed by atoms with Crippen molar-refractivity contribution in [2.24, 2.45) is 0 Å². The number of pyridine rings is 2. The van der Waals surface area contributed by atoms with Crippen LogP contribution in [-0.4, -0.2) is 21.0 Å². The SMILES string of the molecule is Nc1c(C(=O)O)ccnc1Nc1cccc2ncccc12. The first kappa shape index (κ1) is 12.9. The third-order valence-corrected chi connectivity index (χ3v) is 3.12. The van der Waals surface area contributed by atoms with Gasteiger partial charge in [0.2, 0.25) is 0 Å². The molecule has 0 radical (unpaired) electrons. The van der Waals surface area contributed by atoms with Gasteiger partial charge in [-0.15, -0.1) is 0 Å². The highest BCUT2D eigenvalue weighted by Crippen LogP contribution is 2.28. The number of carboxylic acids is 1. The summed E-state index contributed by atoms with van der Waals surface area (Å²) < 4.78 is 0. The minimum Gasteiger partial charge on any atom is -0.478 e. The van der Waals surface area contributed by atoms with E-state index in [1.54, 1.807) is 6.20 Å². The molecule has 0 aliphatic carbocycles. The maximum atomic E-state index is 11.1. The van der Waals surface area contributed by atoms with Crippen LogP contribution < -0.4 is 11.1 Å². The van der Waals surface area contributed by atoms with E-state index < -0.39 is 5.97 Å². The molecule has 104 valence electrons. The minimum atomic E-state index is -1.09. The number of nitrogen functional groups attached to an aromatic ring is 1. The average Bonchev–Trinajstić information content (AvgIpc) is 2.49. The van der Waals surface area contributed by atoms with Crippen LogP contribution in [0.4, 0.5) is 17.2 Å². The van der Waals surface area contributed by atoms with E-state index in [2.05, 4.69) is 15.3 Å². The van der Waals surface area contributed by atoms with Crippen LogP contribution in [0.25, 0.3) is 10.9 Å². The highest BCUT2D eigenvalue weighted by Gasteiger charge is 2.13. The molecule has 1 aromatic carbocycles. The molecule has 6 nitrogen and oxygen atoms in total. The number of carboxylic acid groups (broad SMARTS) is 1. The zero-order chi connectivity index (χ0) is 14.8. The number of rotatable bonds is 3. The van der Waals surface area contributed by atoms with Gasteiger partial charge in [-0.3, -0.25) is 4.98 Å². The number of fused-ring (bicyclic) bond motifs is 1. The average molecular weight is 280 g/mol. The van der Waals surface area contributed by atoms with Crippen LogP contribution in [0.3, 0.4) is 0 Å². The van der Waals surface area contributed by atoms with E-state index in [4.69, 9.17) is 10.8 Å². The minimum absolute atomic E-state index is 0.0193. The van der Waals surface area contributed by atoms with Gasteiger partial charge < -0.3 is 16.2 Å². The van der Waals surface area contributed by atoms with Crippen LogP contribution in [0.15, 0.2) is 48.8 Å². The topological polar surface area (TPSA) is 101 Å². The summed E-state index contributed by atoms with van der Waals surface area (Å²) in [5.74, 6) is -0.774. The van der Waals surface area contributed by atoms with Gasteiger partial charge in [-0.25, -0.2) is 9.78 Å². The second-order valence-electron chi connectivity index (χ2n) is 4.43. The molecule has 2 heterocycles. The predicted molar refractivity (Wildman–Crippen MR) is 80.6 cm³/mol. The lowest BCUT2D eigenvalue weighted by Crippen LogP contribution is -2.07. The number of benzene rings is 1. The molecule has 0 bridgehead atoms. The first-order valence-electron chi connectivity index (χ1n) is 6.25. The lowest BCUT2D eigenvalue weighted by Gasteiger charge is -2.11. The molecule has 21 heavy (non-hydrogen) atoms. The fourth-order valence-corrected chi connectivity index (χ4v) is 2.10. The molecule has 4 N–H and O–H groups in total. The lowest BCUT2D eigenvalue weighted by atomic mass is 10.1. The van der Waals surface area contributed by atoms with Crippen molar-refractivity contribution in [3.05, 3.63) is 54.4 Å². The quantitative estimate of drug-likeness (QED) is 0.681. The van der Waals surface area contributed by atoms with Crippen molar-refractivity contribution in [2.75, 3.05) is 11.1 Å². The normalized spacial score (nSPS) is 10.5. The molecular weight excluding hydrogens is 268 g/mol. The van der Waals surface area contributed by atoms with Gasteiger partial charge in [-0.2, -0.15) is 0 Å². The maximum absolute atomic E-state index is 11.1. The van der Waals surface area contributed by atoms with E-state index >= 15 is 0 Å². The summed E-state index contributed by atoms with van der Waals surface area (Å²) in [7, 11) is 0. The number of aromatic nitrogens is 2. The Bertz CT molecular complexity index is 828. The summed E-state index contributed by atoms with van der Waals surface area (Å²) in [5.41, 5.74) is 7.57. The molecule has 3 aromatic rings. The molecule has 0 spiro atoms. The number of anilines is 3. The van der Waals surface area contributed by atoms with Crippen LogP contribution in [0.1, 0.15) is 10.4 Å². The molecule has 0 saturated heterocycles. The molecule has 0 aliphatic rings. The Hall–Kier alpha value is -3.15. The largest absolute Gasteiger partial charge is 0.478 e. The van der Waals surface area contributed by atoms with Crippen molar-refractivity contribution in [1.82, 2.24) is 9.97 Å². The van der Waals surface area contributed by atoms with Gasteiger partial charge in [0.1, 0.15) is 0 Å². The van der Waals surface area contributed by atoms with Crippen LogP contribution >= 0.6 is 0 Å². The maximum Gasteiger partial charge on any atom is 0.337 e. The molecule has 0 fully saturated rings. The van der Waals surface area contributed by atoms with Crippen molar-refractivity contribution in [2.45, 2.75) is 0 Å². The number of hydrogen-bond donors (Lipinski definition) is 3. The number of hydrogen-bond acceptors (Lipinski definition) is 5. The predicted octanol–water partition coefficient (Wildman–Crippen LogP) is 2.65. The standard InChI is InChI=1S/C15H12N4O2/c16-13-10(15(20)21)6-8-18-14(13)19-12-5-1-4-11-9(12)3-2-7-17-11/h1-8H,16H2,(H,18,19)(H,20,21). The molecule has 0 saturated carbocycles. The number of nitrogens with one attached hydrogen (secondary N) is 1. The lowest BCUT2D eigenvalue weighted by molar-refractivity contribution is 0.0698. The Balaban J connectivity index is 2.07. The van der Waals surface area contributed by atoms with Crippen LogP contribution in [0.5, 0.6) is 0 Å². The van der Waals surface area contributed by atoms with E-state index in [1.165, 1.54) is 12.3 Å². The highest BCUT2D eigenvalue weighted by molar-refractivity contribution is 5.98. The first-order valence-corrected chi connectivity index (χ1v) is 6.25. The number of aromatic carboxylic acids is 1. The van der Waals surface area contributed by atoms with Gasteiger partial charge in [0, 0.05) is 23.5 Å². The summed E-state index contributed by atoms with van der Waals surface area (Å²) >= 11 is 0. The Morgan fingerprint density at radius 1 is 1.10 bits per heavy atom. The van der Waals surface area contributed by atoms with Gasteiger partial charge in [0.05, 0.1) is 16.8 Å². The molecule has 0 amide bonds.